The van der Waals surface area contributed by atoms with E-state index in [1.54, 1.807) is 0 Å². The van der Waals surface area contributed by atoms with E-state index in [4.69, 9.17) is 0 Å². The molecule has 0 saturated carbocycles. The number of hydrogen-bond donors (Lipinski definition) is 0. The molecule has 2 aromatic heterocycles. The van der Waals surface area contributed by atoms with Gasteiger partial charge in [-0.3, -0.25) is 0 Å². The number of hydrogen-bond acceptors (Lipinski definition) is 0. The highest BCUT2D eigenvalue weighted by Crippen LogP contribution is 2.58. The Bertz CT molecular complexity index is 3010. The van der Waals surface area contributed by atoms with Crippen molar-refractivity contribution >= 4 is 65.2 Å². The normalized spacial score (nSPS) is 13.7. The lowest BCUT2D eigenvalue weighted by Gasteiger charge is -2.24. The molecule has 0 spiro atoms. The molecule has 2 heterocycles. The van der Waals surface area contributed by atoms with Gasteiger partial charge in [-0.05, 0) is 68.7 Å². The zero-order valence-corrected chi connectivity index (χ0v) is 27.4. The van der Waals surface area contributed by atoms with Crippen molar-refractivity contribution in [3.63, 3.8) is 0 Å². The van der Waals surface area contributed by atoms with E-state index in [2.05, 4.69) is 181 Å². The van der Waals surface area contributed by atoms with Crippen LogP contribution in [0.2, 0.25) is 0 Å². The molecule has 2 nitrogen and oxygen atoms in total. The standard InChI is InChI=1S/C47H32N2/c1-47(2)37-25-13-10-22-34(37)41-42-35-23-11-15-27-39(35)49(40-28-29-16-6-7-19-31(29)32-20-8-9-21-33(32)40)45(42)43-36-24-12-14-26-38(36)48(46(43)44(41)47)30-17-4-3-5-18-30/h3-28H,1-2H3. The van der Waals surface area contributed by atoms with Crippen LogP contribution in [0.15, 0.2) is 158 Å². The van der Waals surface area contributed by atoms with E-state index >= 15 is 0 Å². The molecule has 0 saturated heterocycles. The zero-order chi connectivity index (χ0) is 32.4. The minimum atomic E-state index is -0.210. The van der Waals surface area contributed by atoms with Crippen molar-refractivity contribution in [1.29, 1.82) is 0 Å². The Morgan fingerprint density at radius 3 is 1.80 bits per heavy atom. The monoisotopic (exact) mass is 624 g/mol. The molecule has 2 heteroatoms. The first-order chi connectivity index (χ1) is 24.1. The SMILES string of the molecule is CC1(C)c2ccccc2-c2c1c1c(c3ccccc3n1-c1ccccc1)c1c2c2ccccc2n1-c1cc2ccccc2c2ccccc12. The van der Waals surface area contributed by atoms with Gasteiger partial charge in [-0.25, -0.2) is 0 Å². The number of para-hydroxylation sites is 3. The number of fused-ring (bicyclic) bond motifs is 15. The lowest BCUT2D eigenvalue weighted by atomic mass is 9.81. The van der Waals surface area contributed by atoms with Crippen LogP contribution in [0.5, 0.6) is 0 Å². The Hall–Kier alpha value is -6.12. The van der Waals surface area contributed by atoms with E-state index in [0.717, 1.165) is 0 Å². The summed E-state index contributed by atoms with van der Waals surface area (Å²) in [6.45, 7) is 4.85. The molecule has 0 atom stereocenters. The summed E-state index contributed by atoms with van der Waals surface area (Å²) in [7, 11) is 0. The second-order valence-electron chi connectivity index (χ2n) is 14.1. The summed E-state index contributed by atoms with van der Waals surface area (Å²) in [4.78, 5) is 0. The molecule has 0 amide bonds. The Morgan fingerprint density at radius 1 is 0.449 bits per heavy atom. The van der Waals surface area contributed by atoms with Crippen LogP contribution in [0.4, 0.5) is 0 Å². The molecule has 10 aromatic rings. The second kappa shape index (κ2) is 9.49. The highest BCUT2D eigenvalue weighted by atomic mass is 15.0. The molecule has 49 heavy (non-hydrogen) atoms. The lowest BCUT2D eigenvalue weighted by Crippen LogP contribution is -2.16. The van der Waals surface area contributed by atoms with Gasteiger partial charge in [0.15, 0.2) is 0 Å². The van der Waals surface area contributed by atoms with Gasteiger partial charge >= 0.3 is 0 Å². The van der Waals surface area contributed by atoms with E-state index in [0.29, 0.717) is 0 Å². The van der Waals surface area contributed by atoms with Crippen molar-refractivity contribution in [1.82, 2.24) is 9.13 Å². The van der Waals surface area contributed by atoms with Crippen LogP contribution in [-0.2, 0) is 5.41 Å². The minimum absolute atomic E-state index is 0.210. The van der Waals surface area contributed by atoms with Crippen molar-refractivity contribution in [2.24, 2.45) is 0 Å². The fraction of sp³-hybridized carbons (Fsp3) is 0.0638. The molecule has 8 aromatic carbocycles. The van der Waals surface area contributed by atoms with Crippen molar-refractivity contribution in [2.75, 3.05) is 0 Å². The average molecular weight is 625 g/mol. The summed E-state index contributed by atoms with van der Waals surface area (Å²) in [5.41, 5.74) is 12.7. The molecular formula is C47H32N2. The number of benzene rings is 8. The van der Waals surface area contributed by atoms with Gasteiger partial charge in [0.1, 0.15) is 0 Å². The Morgan fingerprint density at radius 2 is 1.02 bits per heavy atom. The van der Waals surface area contributed by atoms with Gasteiger partial charge in [0.2, 0.25) is 0 Å². The third-order valence-corrected chi connectivity index (χ3v) is 11.2. The lowest BCUT2D eigenvalue weighted by molar-refractivity contribution is 0.664. The van der Waals surface area contributed by atoms with Crippen molar-refractivity contribution in [3.05, 3.63) is 169 Å². The second-order valence-corrected chi connectivity index (χ2v) is 14.1. The summed E-state index contributed by atoms with van der Waals surface area (Å²) >= 11 is 0. The minimum Gasteiger partial charge on any atom is -0.309 e. The fourth-order valence-corrected chi connectivity index (χ4v) is 9.26. The maximum atomic E-state index is 2.60. The molecule has 0 aliphatic heterocycles. The summed E-state index contributed by atoms with van der Waals surface area (Å²) < 4.78 is 5.13. The first kappa shape index (κ1) is 26.9. The largest absolute Gasteiger partial charge is 0.309 e. The van der Waals surface area contributed by atoms with Crippen LogP contribution in [-0.4, -0.2) is 9.13 Å². The van der Waals surface area contributed by atoms with Crippen LogP contribution < -0.4 is 0 Å². The Labute approximate surface area is 284 Å². The van der Waals surface area contributed by atoms with Crippen LogP contribution in [0.3, 0.4) is 0 Å². The summed E-state index contributed by atoms with van der Waals surface area (Å²) in [6, 6.07) is 58.3. The van der Waals surface area contributed by atoms with Crippen molar-refractivity contribution in [3.8, 4) is 22.5 Å². The van der Waals surface area contributed by atoms with E-state index in [-0.39, 0.29) is 5.41 Å². The van der Waals surface area contributed by atoms with E-state index in [1.807, 2.05) is 0 Å². The third kappa shape index (κ3) is 3.36. The molecule has 1 aliphatic rings. The van der Waals surface area contributed by atoms with Crippen LogP contribution in [0.1, 0.15) is 25.0 Å². The number of aromatic nitrogens is 2. The highest BCUT2D eigenvalue weighted by Gasteiger charge is 2.41. The Kier molecular flexibility index (Phi) is 5.21. The highest BCUT2D eigenvalue weighted by molar-refractivity contribution is 6.32. The first-order valence-electron chi connectivity index (χ1n) is 17.2. The average Bonchev–Trinajstić information content (AvgIpc) is 3.75. The molecular weight excluding hydrogens is 593 g/mol. The van der Waals surface area contributed by atoms with E-state index in [9.17, 15) is 0 Å². The maximum Gasteiger partial charge on any atom is 0.0648 e. The van der Waals surface area contributed by atoms with E-state index < -0.39 is 0 Å². The predicted molar refractivity (Wildman–Crippen MR) is 208 cm³/mol. The third-order valence-electron chi connectivity index (χ3n) is 11.2. The number of rotatable bonds is 2. The van der Waals surface area contributed by atoms with Crippen LogP contribution >= 0.6 is 0 Å². The van der Waals surface area contributed by atoms with E-state index in [1.165, 1.54) is 98.8 Å². The van der Waals surface area contributed by atoms with Crippen LogP contribution in [0, 0.1) is 0 Å². The number of nitrogens with zero attached hydrogens (tertiary/aromatic N) is 2. The maximum absolute atomic E-state index is 2.60. The molecule has 230 valence electrons. The van der Waals surface area contributed by atoms with Crippen LogP contribution in [0.25, 0.3) is 87.7 Å². The van der Waals surface area contributed by atoms with Gasteiger partial charge in [0.05, 0.1) is 27.8 Å². The van der Waals surface area contributed by atoms with Gasteiger partial charge in [-0.1, -0.05) is 141 Å². The molecule has 0 radical (unpaired) electrons. The smallest absolute Gasteiger partial charge is 0.0648 e. The topological polar surface area (TPSA) is 9.86 Å². The first-order valence-corrected chi connectivity index (χ1v) is 17.2. The van der Waals surface area contributed by atoms with Gasteiger partial charge in [-0.15, -0.1) is 0 Å². The molecule has 0 unspecified atom stereocenters. The van der Waals surface area contributed by atoms with Gasteiger partial charge in [0, 0.05) is 38.0 Å². The molecule has 0 N–H and O–H groups in total. The molecule has 1 aliphatic carbocycles. The van der Waals surface area contributed by atoms with Gasteiger partial charge in [-0.2, -0.15) is 0 Å². The summed E-state index contributed by atoms with van der Waals surface area (Å²) in [6.07, 6.45) is 0. The van der Waals surface area contributed by atoms with Crippen molar-refractivity contribution in [2.45, 2.75) is 19.3 Å². The van der Waals surface area contributed by atoms with Gasteiger partial charge < -0.3 is 9.13 Å². The van der Waals surface area contributed by atoms with Crippen molar-refractivity contribution < 1.29 is 0 Å². The predicted octanol–water partition coefficient (Wildman–Crippen LogP) is 12.5. The fourth-order valence-electron chi connectivity index (χ4n) is 9.26. The summed E-state index contributed by atoms with van der Waals surface area (Å²) in [5, 5.41) is 10.3. The molecule has 11 rings (SSSR count). The Balaban J connectivity index is 1.49. The summed E-state index contributed by atoms with van der Waals surface area (Å²) in [5.74, 6) is 0. The molecule has 0 bridgehead atoms. The molecule has 0 fully saturated rings. The quantitative estimate of drug-likeness (QED) is 0.169. The van der Waals surface area contributed by atoms with Gasteiger partial charge in [0.25, 0.3) is 0 Å². The zero-order valence-electron chi connectivity index (χ0n) is 27.4.